The fourth-order valence-electron chi connectivity index (χ4n) is 1.98. The molecule has 2 aromatic rings. The molecule has 24 heavy (non-hydrogen) atoms. The lowest BCUT2D eigenvalue weighted by atomic mass is 10.1. The van der Waals surface area contributed by atoms with E-state index in [1.807, 2.05) is 6.07 Å². The summed E-state index contributed by atoms with van der Waals surface area (Å²) >= 11 is 0. The number of hydrogen-bond donors (Lipinski definition) is 0. The van der Waals surface area contributed by atoms with E-state index in [9.17, 15) is 21.6 Å². The van der Waals surface area contributed by atoms with Crippen molar-refractivity contribution in [1.82, 2.24) is 4.31 Å². The molecule has 0 aliphatic rings. The summed E-state index contributed by atoms with van der Waals surface area (Å²) in [6.07, 6.45) is -2.94. The van der Waals surface area contributed by atoms with Crippen molar-refractivity contribution in [3.05, 3.63) is 76.7 Å². The average Bonchev–Trinajstić information content (AvgIpc) is 2.53. The van der Waals surface area contributed by atoms with Crippen LogP contribution in [0.25, 0.3) is 6.08 Å². The average molecular weight is 355 g/mol. The molecular weight excluding hydrogens is 339 g/mol. The Labute approximate surface area is 139 Å². The molecule has 0 N–H and O–H groups in total. The fourth-order valence-corrected chi connectivity index (χ4v) is 2.84. The molecule has 0 spiro atoms. The molecule has 0 atom stereocenters. The van der Waals surface area contributed by atoms with E-state index in [0.717, 1.165) is 27.4 Å². The molecular formula is C17H16F3NO2S. The summed E-state index contributed by atoms with van der Waals surface area (Å²) in [7, 11) is -2.29. The van der Waals surface area contributed by atoms with Crippen molar-refractivity contribution in [2.24, 2.45) is 0 Å². The highest BCUT2D eigenvalue weighted by Crippen LogP contribution is 2.29. The topological polar surface area (TPSA) is 37.4 Å². The van der Waals surface area contributed by atoms with E-state index in [0.29, 0.717) is 5.56 Å². The molecule has 0 saturated carbocycles. The van der Waals surface area contributed by atoms with Crippen LogP contribution in [0.2, 0.25) is 0 Å². The van der Waals surface area contributed by atoms with Crippen molar-refractivity contribution in [2.75, 3.05) is 7.05 Å². The summed E-state index contributed by atoms with van der Waals surface area (Å²) in [4.78, 5) is 0. The summed E-state index contributed by atoms with van der Waals surface area (Å²) < 4.78 is 63.0. The Kier molecular flexibility index (Phi) is 5.46. The highest BCUT2D eigenvalue weighted by Gasteiger charge is 2.30. The van der Waals surface area contributed by atoms with Gasteiger partial charge >= 0.3 is 6.18 Å². The van der Waals surface area contributed by atoms with E-state index in [1.54, 1.807) is 24.3 Å². The highest BCUT2D eigenvalue weighted by atomic mass is 32.2. The number of alkyl halides is 3. The number of rotatable bonds is 5. The second-order valence-electron chi connectivity index (χ2n) is 5.21. The maximum absolute atomic E-state index is 12.5. The van der Waals surface area contributed by atoms with E-state index >= 15 is 0 Å². The summed E-state index contributed by atoms with van der Waals surface area (Å²) in [6, 6.07) is 13.4. The fraction of sp³-hybridized carbons (Fsp3) is 0.176. The summed E-state index contributed by atoms with van der Waals surface area (Å²) in [5.41, 5.74) is 0.451. The maximum Gasteiger partial charge on any atom is 0.416 e. The first-order valence-corrected chi connectivity index (χ1v) is 8.54. The third kappa shape index (κ3) is 4.94. The van der Waals surface area contributed by atoms with Crippen LogP contribution in [0, 0.1) is 0 Å². The number of halogens is 3. The Morgan fingerprint density at radius 1 is 1.00 bits per heavy atom. The van der Waals surface area contributed by atoms with Gasteiger partial charge in [-0.2, -0.15) is 17.5 Å². The highest BCUT2D eigenvalue weighted by molar-refractivity contribution is 7.92. The smallest absolute Gasteiger partial charge is 0.208 e. The van der Waals surface area contributed by atoms with Crippen LogP contribution in [0.4, 0.5) is 13.2 Å². The summed E-state index contributed by atoms with van der Waals surface area (Å²) in [5, 5.41) is 1.08. The number of hydrogen-bond acceptors (Lipinski definition) is 2. The van der Waals surface area contributed by atoms with Crippen LogP contribution < -0.4 is 0 Å². The van der Waals surface area contributed by atoms with Gasteiger partial charge in [0.15, 0.2) is 0 Å². The molecule has 0 heterocycles. The van der Waals surface area contributed by atoms with Crippen molar-refractivity contribution in [2.45, 2.75) is 12.7 Å². The lowest BCUT2D eigenvalue weighted by Crippen LogP contribution is -2.24. The Morgan fingerprint density at radius 3 is 2.12 bits per heavy atom. The minimum atomic E-state index is -4.41. The van der Waals surface area contributed by atoms with Gasteiger partial charge < -0.3 is 0 Å². The van der Waals surface area contributed by atoms with Gasteiger partial charge in [0.2, 0.25) is 10.0 Å². The second-order valence-corrected chi connectivity index (χ2v) is 7.13. The monoisotopic (exact) mass is 355 g/mol. The maximum atomic E-state index is 12.5. The third-order valence-electron chi connectivity index (χ3n) is 3.35. The van der Waals surface area contributed by atoms with E-state index in [2.05, 4.69) is 0 Å². The van der Waals surface area contributed by atoms with Crippen LogP contribution in [-0.4, -0.2) is 19.8 Å². The molecule has 0 bridgehead atoms. The number of nitrogens with zero attached hydrogens (tertiary/aromatic N) is 1. The standard InChI is InChI=1S/C17H16F3NO2S/c1-21(13-15-7-9-16(10-8-15)17(18,19)20)24(22,23)12-11-14-5-3-2-4-6-14/h2-12H,13H2,1H3/b12-11+. The minimum absolute atomic E-state index is 0.0143. The van der Waals surface area contributed by atoms with E-state index in [4.69, 9.17) is 0 Å². The number of sulfonamides is 1. The Bertz CT molecular complexity index is 798. The Balaban J connectivity index is 2.08. The molecule has 0 aromatic heterocycles. The predicted octanol–water partition coefficient (Wildman–Crippen LogP) is 4.14. The van der Waals surface area contributed by atoms with Crippen LogP contribution in [-0.2, 0) is 22.7 Å². The first-order chi connectivity index (χ1) is 11.2. The minimum Gasteiger partial charge on any atom is -0.208 e. The van der Waals surface area contributed by atoms with E-state index in [1.165, 1.54) is 25.3 Å². The predicted molar refractivity (Wildman–Crippen MR) is 87.3 cm³/mol. The number of benzene rings is 2. The van der Waals surface area contributed by atoms with Gasteiger partial charge in [-0.15, -0.1) is 0 Å². The van der Waals surface area contributed by atoms with Crippen LogP contribution in [0.1, 0.15) is 16.7 Å². The van der Waals surface area contributed by atoms with Crippen LogP contribution in [0.3, 0.4) is 0 Å². The molecule has 2 rings (SSSR count). The molecule has 0 unspecified atom stereocenters. The molecule has 7 heteroatoms. The lowest BCUT2D eigenvalue weighted by molar-refractivity contribution is -0.137. The molecule has 128 valence electrons. The van der Waals surface area contributed by atoms with Gasteiger partial charge in [-0.1, -0.05) is 42.5 Å². The van der Waals surface area contributed by atoms with Crippen LogP contribution in [0.5, 0.6) is 0 Å². The van der Waals surface area contributed by atoms with Gasteiger partial charge in [-0.05, 0) is 29.3 Å². The largest absolute Gasteiger partial charge is 0.416 e. The van der Waals surface area contributed by atoms with Gasteiger partial charge in [-0.25, -0.2) is 8.42 Å². The van der Waals surface area contributed by atoms with E-state index < -0.39 is 21.8 Å². The third-order valence-corrected chi connectivity index (χ3v) is 4.83. The van der Waals surface area contributed by atoms with Gasteiger partial charge in [-0.3, -0.25) is 0 Å². The van der Waals surface area contributed by atoms with Crippen molar-refractivity contribution in [3.63, 3.8) is 0 Å². The molecule has 0 aliphatic heterocycles. The quantitative estimate of drug-likeness (QED) is 0.808. The molecule has 0 amide bonds. The van der Waals surface area contributed by atoms with Gasteiger partial charge in [0.1, 0.15) is 0 Å². The SMILES string of the molecule is CN(Cc1ccc(C(F)(F)F)cc1)S(=O)(=O)/C=C/c1ccccc1. The van der Waals surface area contributed by atoms with Gasteiger partial charge in [0.05, 0.1) is 5.56 Å². The first kappa shape index (κ1) is 18.2. The van der Waals surface area contributed by atoms with E-state index in [-0.39, 0.29) is 6.54 Å². The molecule has 0 aliphatic carbocycles. The van der Waals surface area contributed by atoms with Crippen molar-refractivity contribution in [3.8, 4) is 0 Å². The molecule has 3 nitrogen and oxygen atoms in total. The normalized spacial score (nSPS) is 12.9. The second kappa shape index (κ2) is 7.19. The summed E-state index contributed by atoms with van der Waals surface area (Å²) in [6.45, 7) is -0.0143. The zero-order valence-electron chi connectivity index (χ0n) is 12.9. The molecule has 0 fully saturated rings. The van der Waals surface area contributed by atoms with Crippen LogP contribution >= 0.6 is 0 Å². The Morgan fingerprint density at radius 2 is 1.58 bits per heavy atom. The molecule has 0 saturated heterocycles. The zero-order chi connectivity index (χ0) is 17.8. The Hall–Kier alpha value is -2.12. The zero-order valence-corrected chi connectivity index (χ0v) is 13.7. The lowest BCUT2D eigenvalue weighted by Gasteiger charge is -2.15. The van der Waals surface area contributed by atoms with Gasteiger partial charge in [0, 0.05) is 19.0 Å². The van der Waals surface area contributed by atoms with Gasteiger partial charge in [0.25, 0.3) is 0 Å². The van der Waals surface area contributed by atoms with Crippen LogP contribution in [0.15, 0.2) is 60.0 Å². The first-order valence-electron chi connectivity index (χ1n) is 7.04. The van der Waals surface area contributed by atoms with Crippen molar-refractivity contribution in [1.29, 1.82) is 0 Å². The van der Waals surface area contributed by atoms with Crippen molar-refractivity contribution < 1.29 is 21.6 Å². The summed E-state index contributed by atoms with van der Waals surface area (Å²) in [5.74, 6) is 0. The molecule has 2 aromatic carbocycles. The molecule has 0 radical (unpaired) electrons. The van der Waals surface area contributed by atoms with Crippen molar-refractivity contribution >= 4 is 16.1 Å².